The molecule has 0 aliphatic heterocycles. The van der Waals surface area contributed by atoms with Gasteiger partial charge >= 0.3 is 51.4 Å². The van der Waals surface area contributed by atoms with Crippen LogP contribution in [0.3, 0.4) is 0 Å². The number of aliphatic hydroxyl groups excluding tert-OH is 2. The van der Waals surface area contributed by atoms with E-state index in [1.807, 2.05) is 0 Å². The zero-order chi connectivity index (χ0) is 13.1. The van der Waals surface area contributed by atoms with Gasteiger partial charge in [0, 0.05) is 25.7 Å². The van der Waals surface area contributed by atoms with Gasteiger partial charge in [0.1, 0.15) is 0 Å². The summed E-state index contributed by atoms with van der Waals surface area (Å²) in [5.74, 6) is -0.156. The third-order valence-electron chi connectivity index (χ3n) is 2.79. The SMILES string of the molecule is Nc1nc2c(ncn2CCC(CO)CO)c(=O)[nH]1.[H-].[K+]. The maximum Gasteiger partial charge on any atom is 1.00 e. The van der Waals surface area contributed by atoms with Crippen molar-refractivity contribution in [2.24, 2.45) is 5.92 Å². The molecule has 2 aromatic rings. The van der Waals surface area contributed by atoms with E-state index in [-0.39, 0.29) is 89.0 Å². The Labute approximate surface area is 153 Å². The number of aliphatic hydroxyl groups is 2. The number of nitrogens with zero attached hydrogens (tertiary/aromatic N) is 3. The molecular weight excluding hydrogens is 277 g/mol. The van der Waals surface area contributed by atoms with Gasteiger partial charge in [-0.2, -0.15) is 4.98 Å². The second-order valence-electron chi connectivity index (χ2n) is 4.08. The molecule has 0 fully saturated rings. The van der Waals surface area contributed by atoms with Crippen molar-refractivity contribution in [2.45, 2.75) is 13.0 Å². The van der Waals surface area contributed by atoms with Gasteiger partial charge in [-0.1, -0.05) is 0 Å². The number of aryl methyl sites for hydroxylation is 1. The minimum absolute atomic E-state index is 0. The summed E-state index contributed by atoms with van der Waals surface area (Å²) in [6.45, 7) is 0.330. The summed E-state index contributed by atoms with van der Waals surface area (Å²) in [6, 6.07) is 0. The maximum absolute atomic E-state index is 11.5. The van der Waals surface area contributed by atoms with Crippen molar-refractivity contribution in [2.75, 3.05) is 18.9 Å². The molecule has 0 aliphatic rings. The van der Waals surface area contributed by atoms with Crippen LogP contribution < -0.4 is 62.7 Å². The van der Waals surface area contributed by atoms with E-state index >= 15 is 0 Å². The number of hydrogen-bond donors (Lipinski definition) is 4. The molecular formula is C10H16KN5O3. The quantitative estimate of drug-likeness (QED) is 0.414. The number of anilines is 1. The molecule has 0 spiro atoms. The van der Waals surface area contributed by atoms with E-state index in [2.05, 4.69) is 15.0 Å². The van der Waals surface area contributed by atoms with Gasteiger partial charge in [0.25, 0.3) is 5.56 Å². The fraction of sp³-hybridized carbons (Fsp3) is 0.500. The Hall–Kier alpha value is -0.294. The predicted octanol–water partition coefficient (Wildman–Crippen LogP) is -4.19. The van der Waals surface area contributed by atoms with E-state index in [4.69, 9.17) is 15.9 Å². The number of rotatable bonds is 5. The maximum atomic E-state index is 11.5. The van der Waals surface area contributed by atoms with Crippen LogP contribution >= 0.6 is 0 Å². The molecule has 8 nitrogen and oxygen atoms in total. The van der Waals surface area contributed by atoms with Crippen molar-refractivity contribution in [3.05, 3.63) is 16.7 Å². The van der Waals surface area contributed by atoms with Gasteiger partial charge in [0.05, 0.1) is 6.33 Å². The monoisotopic (exact) mass is 293 g/mol. The third-order valence-corrected chi connectivity index (χ3v) is 2.79. The smallest absolute Gasteiger partial charge is 1.00 e. The standard InChI is InChI=1S/C10H15N5O3.K.H/c11-10-13-8-7(9(18)14-10)12-5-15(8)2-1-6(3-16)4-17;;/h5-6,16-17H,1-4H2,(H3,11,13,14,18);;/q;+1;-1. The Morgan fingerprint density at radius 3 is 2.79 bits per heavy atom. The molecule has 0 saturated heterocycles. The van der Waals surface area contributed by atoms with E-state index in [1.54, 1.807) is 4.57 Å². The average molecular weight is 293 g/mol. The third kappa shape index (κ3) is 3.84. The number of nitrogens with one attached hydrogen (secondary N) is 1. The Morgan fingerprint density at radius 1 is 1.47 bits per heavy atom. The normalized spacial score (nSPS) is 10.9. The predicted molar refractivity (Wildman–Crippen MR) is 66.0 cm³/mol. The topological polar surface area (TPSA) is 130 Å². The summed E-state index contributed by atoms with van der Waals surface area (Å²) in [7, 11) is 0. The molecule has 9 heteroatoms. The number of aromatic nitrogens is 4. The average Bonchev–Trinajstić information content (AvgIpc) is 2.74. The van der Waals surface area contributed by atoms with E-state index in [1.165, 1.54) is 6.33 Å². The van der Waals surface area contributed by atoms with Crippen LogP contribution in [0.1, 0.15) is 7.85 Å². The van der Waals surface area contributed by atoms with Gasteiger partial charge in [0.2, 0.25) is 5.95 Å². The van der Waals surface area contributed by atoms with Crippen LogP contribution in [0.2, 0.25) is 0 Å². The summed E-state index contributed by atoms with van der Waals surface area (Å²) < 4.78 is 1.68. The number of nitrogen functional groups attached to an aromatic ring is 1. The van der Waals surface area contributed by atoms with Crippen molar-refractivity contribution in [3.8, 4) is 0 Å². The molecule has 0 unspecified atom stereocenters. The first-order valence-electron chi connectivity index (χ1n) is 5.58. The summed E-state index contributed by atoms with van der Waals surface area (Å²) in [5.41, 5.74) is 5.73. The molecule has 0 aromatic carbocycles. The van der Waals surface area contributed by atoms with Crippen molar-refractivity contribution in [1.29, 1.82) is 0 Å². The van der Waals surface area contributed by atoms with Gasteiger partial charge in [-0.05, 0) is 6.42 Å². The molecule has 0 amide bonds. The summed E-state index contributed by atoms with van der Waals surface area (Å²) in [6.07, 6.45) is 2.06. The molecule has 2 heterocycles. The number of aromatic amines is 1. The van der Waals surface area contributed by atoms with Gasteiger partial charge in [-0.15, -0.1) is 0 Å². The number of hydrogen-bond acceptors (Lipinski definition) is 6. The van der Waals surface area contributed by atoms with E-state index in [0.29, 0.717) is 18.6 Å². The molecule has 5 N–H and O–H groups in total. The second-order valence-corrected chi connectivity index (χ2v) is 4.08. The van der Waals surface area contributed by atoms with E-state index in [9.17, 15) is 4.79 Å². The Kier molecular flexibility index (Phi) is 6.60. The Morgan fingerprint density at radius 2 is 2.16 bits per heavy atom. The minimum atomic E-state index is -0.378. The molecule has 0 radical (unpaired) electrons. The molecule has 0 atom stereocenters. The largest absolute Gasteiger partial charge is 1.00 e. The molecule has 100 valence electrons. The van der Waals surface area contributed by atoms with Crippen LogP contribution in [0.5, 0.6) is 0 Å². The molecule has 2 rings (SSSR count). The first kappa shape index (κ1) is 16.8. The van der Waals surface area contributed by atoms with Gasteiger partial charge in [-0.3, -0.25) is 9.78 Å². The van der Waals surface area contributed by atoms with Crippen molar-refractivity contribution >= 4 is 17.1 Å². The zero-order valence-electron chi connectivity index (χ0n) is 11.7. The zero-order valence-corrected chi connectivity index (χ0v) is 13.8. The summed E-state index contributed by atoms with van der Waals surface area (Å²) in [4.78, 5) is 21.9. The first-order valence-corrected chi connectivity index (χ1v) is 5.58. The van der Waals surface area contributed by atoms with Crippen LogP contribution in [0, 0.1) is 5.92 Å². The molecule has 0 bridgehead atoms. The van der Waals surface area contributed by atoms with E-state index in [0.717, 1.165) is 0 Å². The molecule has 0 aliphatic carbocycles. The molecule has 2 aromatic heterocycles. The van der Waals surface area contributed by atoms with Crippen LogP contribution in [-0.2, 0) is 6.54 Å². The van der Waals surface area contributed by atoms with Crippen molar-refractivity contribution in [1.82, 2.24) is 19.5 Å². The molecule has 19 heavy (non-hydrogen) atoms. The fourth-order valence-corrected chi connectivity index (χ4v) is 1.70. The van der Waals surface area contributed by atoms with Gasteiger partial charge < -0.3 is 21.9 Å². The number of H-pyrrole nitrogens is 1. The fourth-order valence-electron chi connectivity index (χ4n) is 1.70. The van der Waals surface area contributed by atoms with Crippen LogP contribution in [0.4, 0.5) is 5.95 Å². The van der Waals surface area contributed by atoms with Crippen LogP contribution in [-0.4, -0.2) is 42.9 Å². The number of nitrogens with two attached hydrogens (primary N) is 1. The van der Waals surface area contributed by atoms with Crippen molar-refractivity contribution < 1.29 is 63.0 Å². The first-order chi connectivity index (χ1) is 8.65. The minimum Gasteiger partial charge on any atom is -1.00 e. The molecule has 0 saturated carbocycles. The summed E-state index contributed by atoms with van der Waals surface area (Å²) in [5, 5.41) is 18.0. The van der Waals surface area contributed by atoms with Crippen LogP contribution in [0.25, 0.3) is 11.2 Å². The van der Waals surface area contributed by atoms with Crippen LogP contribution in [0.15, 0.2) is 11.1 Å². The van der Waals surface area contributed by atoms with Gasteiger partial charge in [-0.25, -0.2) is 4.98 Å². The van der Waals surface area contributed by atoms with Crippen molar-refractivity contribution in [3.63, 3.8) is 0 Å². The second kappa shape index (κ2) is 7.48. The summed E-state index contributed by atoms with van der Waals surface area (Å²) >= 11 is 0. The van der Waals surface area contributed by atoms with E-state index < -0.39 is 0 Å². The number of imidazole rings is 1. The Bertz CT molecular complexity index is 598. The Balaban J connectivity index is 0.00000180. The van der Waals surface area contributed by atoms with Gasteiger partial charge in [0.15, 0.2) is 11.2 Å². The number of fused-ring (bicyclic) bond motifs is 1.